The van der Waals surface area contributed by atoms with Gasteiger partial charge in [-0.05, 0) is 66.2 Å². The van der Waals surface area contributed by atoms with Crippen LogP contribution in [0.5, 0.6) is 0 Å². The summed E-state index contributed by atoms with van der Waals surface area (Å²) >= 11 is 2.02. The first-order valence-electron chi connectivity index (χ1n) is 11.9. The SMILES string of the molecule is CC1=NN(c2cc(C(F)(F)F)cc(C(F)(F)F)c2)C(O)C1C(OCCCCI)c1cc(C(F)(F)F)cc(C(F)(F)F)c1. The molecule has 42 heavy (non-hydrogen) atoms. The maximum absolute atomic E-state index is 13.6. The fourth-order valence-corrected chi connectivity index (χ4v) is 4.82. The van der Waals surface area contributed by atoms with Crippen LogP contribution in [-0.2, 0) is 29.4 Å². The first-order chi connectivity index (χ1) is 19.1. The Bertz CT molecular complexity index is 1220. The average molecular weight is 736 g/mol. The van der Waals surface area contributed by atoms with Crippen molar-refractivity contribution >= 4 is 34.0 Å². The minimum absolute atomic E-state index is 0.115. The maximum atomic E-state index is 13.6. The molecule has 1 aliphatic rings. The molecule has 3 atom stereocenters. The summed E-state index contributed by atoms with van der Waals surface area (Å²) < 4.78 is 168. The fourth-order valence-electron chi connectivity index (χ4n) is 4.28. The number of aliphatic hydroxyl groups excluding tert-OH is 1. The van der Waals surface area contributed by atoms with Gasteiger partial charge in [0.05, 0.1) is 40.0 Å². The molecule has 0 aliphatic carbocycles. The third kappa shape index (κ3) is 8.00. The molecule has 0 aromatic heterocycles. The fraction of sp³-hybridized carbons (Fsp3) is 0.480. The molecule has 0 radical (unpaired) electrons. The standard InChI is InChI=1S/C25H21F12IN2O2/c1-12-19(21(41)40(39-12)18-10-16(24(32,33)34)9-17(11-18)25(35,36)37)20(42-5-3-2-4-38)13-6-14(22(26,27)28)8-15(7-13)23(29,30)31/h6-11,19-21,41H,2-5H2,1H3. The number of unbranched alkanes of at least 4 members (excludes halogenated alkanes) is 1. The van der Waals surface area contributed by atoms with Crippen LogP contribution in [0.1, 0.15) is 53.7 Å². The first-order valence-corrected chi connectivity index (χ1v) is 13.5. The number of aliphatic hydroxyl groups is 1. The molecule has 0 bridgehead atoms. The van der Waals surface area contributed by atoms with Gasteiger partial charge in [0.2, 0.25) is 0 Å². The van der Waals surface area contributed by atoms with E-state index in [-0.39, 0.29) is 36.6 Å². The summed E-state index contributed by atoms with van der Waals surface area (Å²) in [7, 11) is 0. The smallest absolute Gasteiger partial charge is 0.373 e. The van der Waals surface area contributed by atoms with E-state index in [2.05, 4.69) is 5.10 Å². The van der Waals surface area contributed by atoms with Crippen LogP contribution in [0.2, 0.25) is 0 Å². The summed E-state index contributed by atoms with van der Waals surface area (Å²) in [6, 6.07) is 1.05. The summed E-state index contributed by atoms with van der Waals surface area (Å²) in [5.41, 5.74) is -8.58. The van der Waals surface area contributed by atoms with Crippen molar-refractivity contribution in [3.63, 3.8) is 0 Å². The van der Waals surface area contributed by atoms with Crippen molar-refractivity contribution in [3.8, 4) is 0 Å². The predicted molar refractivity (Wildman–Crippen MR) is 135 cm³/mol. The topological polar surface area (TPSA) is 45.1 Å². The molecule has 0 fully saturated rings. The quantitative estimate of drug-likeness (QED) is 0.128. The Morgan fingerprint density at radius 3 is 1.60 bits per heavy atom. The Morgan fingerprint density at radius 1 is 0.762 bits per heavy atom. The van der Waals surface area contributed by atoms with Gasteiger partial charge >= 0.3 is 24.7 Å². The molecule has 17 heteroatoms. The molecule has 4 nitrogen and oxygen atoms in total. The van der Waals surface area contributed by atoms with Crippen LogP contribution in [-0.4, -0.2) is 28.1 Å². The Kier molecular flexibility index (Phi) is 10.1. The van der Waals surface area contributed by atoms with E-state index in [9.17, 15) is 57.8 Å². The maximum Gasteiger partial charge on any atom is 0.416 e. The lowest BCUT2D eigenvalue weighted by atomic mass is 9.88. The molecular formula is C25H21F12IN2O2. The van der Waals surface area contributed by atoms with E-state index in [4.69, 9.17) is 4.74 Å². The number of anilines is 1. The van der Waals surface area contributed by atoms with Crippen molar-refractivity contribution in [1.82, 2.24) is 0 Å². The second-order valence-electron chi connectivity index (χ2n) is 9.32. The largest absolute Gasteiger partial charge is 0.416 e. The molecule has 1 aliphatic heterocycles. The van der Waals surface area contributed by atoms with Crippen LogP contribution in [0.3, 0.4) is 0 Å². The van der Waals surface area contributed by atoms with Crippen molar-refractivity contribution < 1.29 is 62.5 Å². The number of hydrogen-bond donors (Lipinski definition) is 1. The second kappa shape index (κ2) is 12.4. The highest BCUT2D eigenvalue weighted by Crippen LogP contribution is 2.44. The van der Waals surface area contributed by atoms with Crippen LogP contribution in [0.4, 0.5) is 58.4 Å². The minimum Gasteiger partial charge on any atom is -0.373 e. The predicted octanol–water partition coefficient (Wildman–Crippen LogP) is 8.87. The van der Waals surface area contributed by atoms with Crippen molar-refractivity contribution in [1.29, 1.82) is 0 Å². The Morgan fingerprint density at radius 2 is 1.19 bits per heavy atom. The van der Waals surface area contributed by atoms with Gasteiger partial charge in [-0.2, -0.15) is 57.8 Å². The lowest BCUT2D eigenvalue weighted by Gasteiger charge is -2.31. The summed E-state index contributed by atoms with van der Waals surface area (Å²) in [5, 5.41) is 15.3. The van der Waals surface area contributed by atoms with Crippen LogP contribution in [0, 0.1) is 5.92 Å². The zero-order chi connectivity index (χ0) is 31.8. The van der Waals surface area contributed by atoms with Crippen LogP contribution >= 0.6 is 22.6 Å². The van der Waals surface area contributed by atoms with Gasteiger partial charge in [0.15, 0.2) is 6.23 Å². The molecule has 0 saturated heterocycles. The summed E-state index contributed by atoms with van der Waals surface area (Å²) in [5.74, 6) is -1.59. The number of rotatable bonds is 8. The zero-order valence-corrected chi connectivity index (χ0v) is 23.3. The molecular weight excluding hydrogens is 715 g/mol. The van der Waals surface area contributed by atoms with Gasteiger partial charge < -0.3 is 9.84 Å². The Labute approximate surface area is 244 Å². The number of ether oxygens (including phenoxy) is 1. The Balaban J connectivity index is 2.14. The molecule has 1 N–H and O–H groups in total. The van der Waals surface area contributed by atoms with E-state index < -0.39 is 76.5 Å². The average Bonchev–Trinajstić information content (AvgIpc) is 3.15. The molecule has 2 aromatic carbocycles. The third-order valence-corrected chi connectivity index (χ3v) is 7.01. The molecule has 3 unspecified atom stereocenters. The van der Waals surface area contributed by atoms with E-state index >= 15 is 0 Å². The van der Waals surface area contributed by atoms with Crippen molar-refractivity contribution in [2.24, 2.45) is 11.0 Å². The van der Waals surface area contributed by atoms with Gasteiger partial charge in [0.1, 0.15) is 0 Å². The van der Waals surface area contributed by atoms with Gasteiger partial charge in [-0.1, -0.05) is 22.6 Å². The van der Waals surface area contributed by atoms with E-state index in [0.29, 0.717) is 34.4 Å². The number of alkyl halides is 13. The van der Waals surface area contributed by atoms with E-state index in [0.717, 1.165) is 6.92 Å². The highest BCUT2D eigenvalue weighted by atomic mass is 127. The van der Waals surface area contributed by atoms with Gasteiger partial charge in [-0.25, -0.2) is 5.01 Å². The molecule has 0 spiro atoms. The number of nitrogens with zero attached hydrogens (tertiary/aromatic N) is 2. The van der Waals surface area contributed by atoms with Crippen molar-refractivity contribution in [3.05, 3.63) is 64.2 Å². The highest BCUT2D eigenvalue weighted by molar-refractivity contribution is 14.1. The lowest BCUT2D eigenvalue weighted by molar-refractivity contribution is -0.144. The first kappa shape index (κ1) is 34.2. The second-order valence-corrected chi connectivity index (χ2v) is 10.4. The molecule has 234 valence electrons. The third-order valence-electron chi connectivity index (χ3n) is 6.25. The summed E-state index contributed by atoms with van der Waals surface area (Å²) in [6.07, 6.45) is -24.0. The number of hydrazone groups is 1. The van der Waals surface area contributed by atoms with Crippen LogP contribution in [0.25, 0.3) is 0 Å². The molecule has 3 rings (SSSR count). The van der Waals surface area contributed by atoms with Crippen molar-refractivity contribution in [2.75, 3.05) is 16.0 Å². The molecule has 1 heterocycles. The number of benzene rings is 2. The Hall–Kier alpha value is -2.28. The number of hydrogen-bond acceptors (Lipinski definition) is 4. The normalized spacial score (nSPS) is 19.3. The summed E-state index contributed by atoms with van der Waals surface area (Å²) in [4.78, 5) is 0. The van der Waals surface area contributed by atoms with E-state index in [1.165, 1.54) is 0 Å². The van der Waals surface area contributed by atoms with Crippen LogP contribution in [0.15, 0.2) is 41.5 Å². The zero-order valence-electron chi connectivity index (χ0n) is 21.2. The van der Waals surface area contributed by atoms with Gasteiger partial charge in [-0.3, -0.25) is 0 Å². The highest BCUT2D eigenvalue weighted by Gasteiger charge is 2.45. The minimum atomic E-state index is -5.24. The molecule has 2 aromatic rings. The molecule has 0 amide bonds. The summed E-state index contributed by atoms with van der Waals surface area (Å²) in [6.45, 7) is 0.954. The van der Waals surface area contributed by atoms with Crippen molar-refractivity contribution in [2.45, 2.75) is 56.8 Å². The molecule has 0 saturated carbocycles. The monoisotopic (exact) mass is 736 g/mol. The lowest BCUT2D eigenvalue weighted by Crippen LogP contribution is -2.37. The van der Waals surface area contributed by atoms with Gasteiger partial charge in [-0.15, -0.1) is 0 Å². The van der Waals surface area contributed by atoms with E-state index in [1.807, 2.05) is 22.6 Å². The van der Waals surface area contributed by atoms with E-state index in [1.54, 1.807) is 0 Å². The van der Waals surface area contributed by atoms with Gasteiger partial charge in [0.25, 0.3) is 0 Å². The van der Waals surface area contributed by atoms with Crippen LogP contribution < -0.4 is 5.01 Å². The van der Waals surface area contributed by atoms with Gasteiger partial charge in [0, 0.05) is 12.3 Å². The number of halogens is 13.